The van der Waals surface area contributed by atoms with E-state index in [0.29, 0.717) is 0 Å². The van der Waals surface area contributed by atoms with Gasteiger partial charge in [0.2, 0.25) is 0 Å². The topological polar surface area (TPSA) is 0 Å². The smallest absolute Gasteiger partial charge is 1.00 e. The summed E-state index contributed by atoms with van der Waals surface area (Å²) in [6, 6.07) is 0. The monoisotopic (exact) mass is 296 g/mol. The maximum atomic E-state index is 2.25. The average molecular weight is 298 g/mol. The van der Waals surface area contributed by atoms with Gasteiger partial charge in [0.1, 0.15) is 0 Å². The summed E-state index contributed by atoms with van der Waals surface area (Å²) < 4.78 is 0. The maximum Gasteiger partial charge on any atom is 2.00 e. The summed E-state index contributed by atoms with van der Waals surface area (Å²) in [7, 11) is 0. The van der Waals surface area contributed by atoms with Crippen LogP contribution in [0.4, 0.5) is 0 Å². The Hall–Kier alpha value is 0.00312. The van der Waals surface area contributed by atoms with Crippen molar-refractivity contribution < 1.29 is 38.6 Å². The summed E-state index contributed by atoms with van der Waals surface area (Å²) in [5.41, 5.74) is 3.05. The Labute approximate surface area is 118 Å². The van der Waals surface area contributed by atoms with Crippen LogP contribution in [0.2, 0.25) is 0 Å². The van der Waals surface area contributed by atoms with Crippen LogP contribution < -0.4 is 12.4 Å². The molecule has 0 bridgehead atoms. The molecule has 2 rings (SSSR count). The number of rotatable bonds is 3. The van der Waals surface area contributed by atoms with Gasteiger partial charge in [-0.15, -0.1) is 19.1 Å². The van der Waals surface area contributed by atoms with Gasteiger partial charge in [0.25, 0.3) is 0 Å². The summed E-state index contributed by atoms with van der Waals surface area (Å²) in [5.74, 6) is 1.53. The quantitative estimate of drug-likeness (QED) is 0.674. The van der Waals surface area contributed by atoms with E-state index in [1.165, 1.54) is 11.5 Å². The molecule has 0 heterocycles. The van der Waals surface area contributed by atoms with Crippen molar-refractivity contribution in [2.45, 2.75) is 26.2 Å². The Morgan fingerprint density at radius 2 is 1.80 bits per heavy atom. The molecule has 2 aliphatic carbocycles. The first-order valence-corrected chi connectivity index (χ1v) is 4.89. The van der Waals surface area contributed by atoms with Crippen LogP contribution in [0.15, 0.2) is 47.6 Å². The first kappa shape index (κ1) is 15.0. The van der Waals surface area contributed by atoms with E-state index in [2.05, 4.69) is 43.4 Å². The Balaban J connectivity index is 0.000000980. The van der Waals surface area contributed by atoms with E-state index < -0.39 is 0 Å². The predicted octanol–water partition coefficient (Wildman–Crippen LogP) is 0.745. The van der Waals surface area contributed by atoms with Crippen molar-refractivity contribution in [3.8, 4) is 0 Å². The molecule has 0 nitrogen and oxygen atoms in total. The molecule has 78 valence electrons. The van der Waals surface area contributed by atoms with E-state index in [0.717, 1.165) is 19.3 Å². The average Bonchev–Trinajstić information content (AvgIpc) is 2.74. The number of allylic oxidation sites excluding steroid dienone is 8. The molecule has 0 N–H and O–H groups in total. The van der Waals surface area contributed by atoms with Crippen LogP contribution in [0.25, 0.3) is 0 Å². The van der Waals surface area contributed by atoms with Gasteiger partial charge >= 0.3 is 26.2 Å². The zero-order valence-corrected chi connectivity index (χ0v) is 12.2. The van der Waals surface area contributed by atoms with Gasteiger partial charge in [0.15, 0.2) is 0 Å². The fourth-order valence-electron chi connectivity index (χ4n) is 1.84. The number of halogens is 1. The van der Waals surface area contributed by atoms with Gasteiger partial charge in [-0.3, -0.25) is 0 Å². The molecule has 0 aromatic heterocycles. The fourth-order valence-corrected chi connectivity index (χ4v) is 1.84. The Morgan fingerprint density at radius 1 is 1.13 bits per heavy atom. The van der Waals surface area contributed by atoms with E-state index in [1.807, 2.05) is 0 Å². The molecule has 0 spiro atoms. The first-order valence-electron chi connectivity index (χ1n) is 4.89. The number of hydrogen-bond donors (Lipinski definition) is 0. The molecule has 0 aromatic rings. The Kier molecular flexibility index (Phi) is 7.31. The summed E-state index contributed by atoms with van der Waals surface area (Å²) in [6.45, 7) is 2.25. The number of hydrogen-bond acceptors (Lipinski definition) is 0. The van der Waals surface area contributed by atoms with Crippen molar-refractivity contribution in [2.75, 3.05) is 0 Å². The fraction of sp³-hybridized carbons (Fsp3) is 0.308. The molecule has 0 radical (unpaired) electrons. The van der Waals surface area contributed by atoms with Gasteiger partial charge in [-0.05, 0) is 12.8 Å². The van der Waals surface area contributed by atoms with Crippen LogP contribution in [0.3, 0.4) is 0 Å². The molecule has 0 aromatic carbocycles. The minimum Gasteiger partial charge on any atom is -1.00 e. The third-order valence-electron chi connectivity index (χ3n) is 2.66. The normalized spacial score (nSPS) is 16.6. The van der Waals surface area contributed by atoms with E-state index in [-0.39, 0.29) is 38.6 Å². The zero-order chi connectivity index (χ0) is 9.10. The van der Waals surface area contributed by atoms with Crippen LogP contribution in [-0.2, 0) is 26.2 Å². The molecule has 0 atom stereocenters. The third kappa shape index (κ3) is 4.17. The van der Waals surface area contributed by atoms with Gasteiger partial charge in [-0.1, -0.05) is 30.2 Å². The second kappa shape index (κ2) is 7.31. The van der Waals surface area contributed by atoms with Gasteiger partial charge in [-0.25, -0.2) is 17.6 Å². The summed E-state index contributed by atoms with van der Waals surface area (Å²) >= 11 is 0. The second-order valence-corrected chi connectivity index (χ2v) is 3.74. The molecule has 0 unspecified atom stereocenters. The van der Waals surface area contributed by atoms with Crippen molar-refractivity contribution in [1.29, 1.82) is 0 Å². The van der Waals surface area contributed by atoms with Crippen LogP contribution in [0.5, 0.6) is 0 Å². The van der Waals surface area contributed by atoms with Crippen LogP contribution in [0, 0.1) is 5.92 Å². The molecule has 2 aliphatic rings. The SMILES string of the molecule is C[C-](CC1=CC=CC1)C1=CC=CC1.[Cl-].[Zr+2]. The van der Waals surface area contributed by atoms with Gasteiger partial charge in [0, 0.05) is 0 Å². The van der Waals surface area contributed by atoms with Crippen LogP contribution in [0.1, 0.15) is 26.2 Å². The van der Waals surface area contributed by atoms with Crippen molar-refractivity contribution in [3.63, 3.8) is 0 Å². The van der Waals surface area contributed by atoms with Gasteiger partial charge in [-0.2, -0.15) is 0 Å². The maximum absolute atomic E-state index is 2.25. The first-order chi connectivity index (χ1) is 6.36. The molecular weight excluding hydrogens is 283 g/mol. The van der Waals surface area contributed by atoms with E-state index >= 15 is 0 Å². The van der Waals surface area contributed by atoms with Gasteiger partial charge in [0.05, 0.1) is 0 Å². The van der Waals surface area contributed by atoms with Gasteiger partial charge < -0.3 is 12.4 Å². The van der Waals surface area contributed by atoms with E-state index in [4.69, 9.17) is 0 Å². The summed E-state index contributed by atoms with van der Waals surface area (Å²) in [6.07, 6.45) is 16.7. The van der Waals surface area contributed by atoms with Crippen molar-refractivity contribution in [1.82, 2.24) is 0 Å². The molecule has 2 heteroatoms. The van der Waals surface area contributed by atoms with Crippen molar-refractivity contribution in [2.24, 2.45) is 0 Å². The summed E-state index contributed by atoms with van der Waals surface area (Å²) in [4.78, 5) is 0. The standard InChI is InChI=1S/C13H15.ClH.Zr/c1-11(13-8-4-5-9-13)10-12-6-2-3-7-12;;/h2-6,8H,7,9-10H2,1H3;1H;/q-1;;+2/p-1. The van der Waals surface area contributed by atoms with Crippen LogP contribution >= 0.6 is 0 Å². The third-order valence-corrected chi connectivity index (χ3v) is 2.66. The zero-order valence-electron chi connectivity index (χ0n) is 8.96. The molecular formula is C13H15ClZr. The largest absolute Gasteiger partial charge is 2.00 e. The second-order valence-electron chi connectivity index (χ2n) is 3.74. The Bertz CT molecular complexity index is 310. The molecule has 0 amide bonds. The van der Waals surface area contributed by atoms with Crippen LogP contribution in [-0.4, -0.2) is 0 Å². The minimum absolute atomic E-state index is 0. The molecule has 15 heavy (non-hydrogen) atoms. The van der Waals surface area contributed by atoms with Crippen molar-refractivity contribution >= 4 is 0 Å². The molecule has 0 fully saturated rings. The minimum atomic E-state index is 0. The van der Waals surface area contributed by atoms with E-state index in [9.17, 15) is 0 Å². The molecule has 0 saturated heterocycles. The predicted molar refractivity (Wildman–Crippen MR) is 57.2 cm³/mol. The molecule has 0 saturated carbocycles. The van der Waals surface area contributed by atoms with Crippen molar-refractivity contribution in [3.05, 3.63) is 53.5 Å². The Morgan fingerprint density at radius 3 is 2.33 bits per heavy atom. The molecule has 0 aliphatic heterocycles. The summed E-state index contributed by atoms with van der Waals surface area (Å²) in [5, 5.41) is 0. The van der Waals surface area contributed by atoms with E-state index in [1.54, 1.807) is 5.57 Å².